The van der Waals surface area contributed by atoms with Gasteiger partial charge >= 0.3 is 0 Å². The molecule has 0 spiro atoms. The van der Waals surface area contributed by atoms with Gasteiger partial charge in [0, 0.05) is 5.92 Å². The van der Waals surface area contributed by atoms with Gasteiger partial charge in [0.15, 0.2) is 5.84 Å². The Morgan fingerprint density at radius 3 is 2.11 bits per heavy atom. The molecule has 0 aromatic heterocycles. The molecule has 1 unspecified atom stereocenters. The third kappa shape index (κ3) is 1.95. The minimum atomic E-state index is -0.791. The van der Waals surface area contributed by atoms with Gasteiger partial charge in [-0.05, 0) is 24.2 Å². The van der Waals surface area contributed by atoms with E-state index in [-0.39, 0.29) is 28.5 Å². The van der Waals surface area contributed by atoms with Crippen molar-refractivity contribution in [2.24, 2.45) is 27.6 Å². The second-order valence-electron chi connectivity index (χ2n) is 6.54. The molecular formula is C13H25N3O2. The molecule has 1 rings (SSSR count). The predicted molar refractivity (Wildman–Crippen MR) is 71.3 cm³/mol. The summed E-state index contributed by atoms with van der Waals surface area (Å²) in [5.74, 6) is -0.0297. The minimum absolute atomic E-state index is 0.0170. The highest BCUT2D eigenvalue weighted by atomic mass is 16.4. The van der Waals surface area contributed by atoms with Gasteiger partial charge in [-0.1, -0.05) is 39.8 Å². The van der Waals surface area contributed by atoms with Crippen LogP contribution in [0.2, 0.25) is 0 Å². The number of nitrogens with zero attached hydrogens (tertiary/aromatic N) is 1. The molecule has 1 fully saturated rings. The van der Waals surface area contributed by atoms with E-state index in [9.17, 15) is 4.79 Å². The van der Waals surface area contributed by atoms with Gasteiger partial charge in [0.25, 0.3) is 0 Å². The molecule has 0 heterocycles. The summed E-state index contributed by atoms with van der Waals surface area (Å²) in [6.45, 7) is 12.0. The highest BCUT2D eigenvalue weighted by molar-refractivity contribution is 5.95. The lowest BCUT2D eigenvalue weighted by atomic mass is 9.96. The molecule has 0 saturated heterocycles. The van der Waals surface area contributed by atoms with Crippen LogP contribution in [-0.2, 0) is 4.79 Å². The lowest BCUT2D eigenvalue weighted by Crippen LogP contribution is -2.55. The Morgan fingerprint density at radius 2 is 1.83 bits per heavy atom. The Morgan fingerprint density at radius 1 is 1.39 bits per heavy atom. The second kappa shape index (κ2) is 4.14. The standard InChI is InChI=1S/C13H25N3O2/c1-7-13(6,10(14)16-18)15-9(17)8-11(2,3)12(8,4)5/h8,18H,7H2,1-6H3,(H2,14,16)(H,15,17). The molecule has 0 bridgehead atoms. The molecule has 1 atom stereocenters. The van der Waals surface area contributed by atoms with Crippen molar-refractivity contribution in [1.82, 2.24) is 5.32 Å². The number of rotatable bonds is 4. The number of carbonyl (C=O) groups excluding carboxylic acids is 1. The first-order chi connectivity index (χ1) is 8.04. The molecule has 1 aliphatic rings. The third-order valence-electron chi connectivity index (χ3n) is 5.06. The molecule has 1 aliphatic carbocycles. The lowest BCUT2D eigenvalue weighted by molar-refractivity contribution is -0.124. The molecule has 1 amide bonds. The van der Waals surface area contributed by atoms with Crippen molar-refractivity contribution < 1.29 is 10.0 Å². The Hall–Kier alpha value is -1.26. The van der Waals surface area contributed by atoms with Crippen LogP contribution in [0, 0.1) is 16.7 Å². The molecule has 0 radical (unpaired) electrons. The molecule has 0 aliphatic heterocycles. The summed E-state index contributed by atoms with van der Waals surface area (Å²) in [7, 11) is 0. The smallest absolute Gasteiger partial charge is 0.225 e. The van der Waals surface area contributed by atoms with Gasteiger partial charge < -0.3 is 16.3 Å². The van der Waals surface area contributed by atoms with Crippen LogP contribution in [-0.4, -0.2) is 22.5 Å². The van der Waals surface area contributed by atoms with Gasteiger partial charge in [-0.15, -0.1) is 0 Å². The summed E-state index contributed by atoms with van der Waals surface area (Å²) in [4.78, 5) is 12.3. The molecule has 5 heteroatoms. The van der Waals surface area contributed by atoms with Crippen LogP contribution in [0.3, 0.4) is 0 Å². The minimum Gasteiger partial charge on any atom is -0.409 e. The van der Waals surface area contributed by atoms with E-state index >= 15 is 0 Å². The molecule has 1 saturated carbocycles. The average Bonchev–Trinajstić information content (AvgIpc) is 2.67. The fraction of sp³-hybridized carbons (Fsp3) is 0.846. The van der Waals surface area contributed by atoms with Gasteiger partial charge in [-0.25, -0.2) is 0 Å². The first-order valence-corrected chi connectivity index (χ1v) is 6.34. The van der Waals surface area contributed by atoms with Crippen molar-refractivity contribution in [3.8, 4) is 0 Å². The number of nitrogens with two attached hydrogens (primary N) is 1. The molecule has 104 valence electrons. The van der Waals surface area contributed by atoms with Crippen LogP contribution in [0.25, 0.3) is 0 Å². The van der Waals surface area contributed by atoms with Crippen molar-refractivity contribution in [2.45, 2.75) is 53.5 Å². The van der Waals surface area contributed by atoms with Crippen molar-refractivity contribution in [1.29, 1.82) is 0 Å². The summed E-state index contributed by atoms with van der Waals surface area (Å²) in [6.07, 6.45) is 0.572. The lowest BCUT2D eigenvalue weighted by Gasteiger charge is -2.28. The average molecular weight is 255 g/mol. The fourth-order valence-electron chi connectivity index (χ4n) is 2.64. The predicted octanol–water partition coefficient (Wildman–Crippen LogP) is 1.70. The molecule has 18 heavy (non-hydrogen) atoms. The van der Waals surface area contributed by atoms with E-state index in [1.165, 1.54) is 0 Å². The summed E-state index contributed by atoms with van der Waals surface area (Å²) >= 11 is 0. The number of amidine groups is 1. The number of oxime groups is 1. The Kier molecular flexibility index (Phi) is 3.40. The van der Waals surface area contributed by atoms with Crippen LogP contribution >= 0.6 is 0 Å². The van der Waals surface area contributed by atoms with Gasteiger partial charge in [-0.3, -0.25) is 4.79 Å². The van der Waals surface area contributed by atoms with Crippen LogP contribution in [0.5, 0.6) is 0 Å². The van der Waals surface area contributed by atoms with Crippen LogP contribution < -0.4 is 11.1 Å². The second-order valence-corrected chi connectivity index (χ2v) is 6.54. The van der Waals surface area contributed by atoms with E-state index in [1.807, 2.05) is 6.92 Å². The Balaban J connectivity index is 2.84. The number of amides is 1. The summed E-state index contributed by atoms with van der Waals surface area (Å²) in [6, 6.07) is 0. The summed E-state index contributed by atoms with van der Waals surface area (Å²) in [5, 5.41) is 14.7. The maximum Gasteiger partial charge on any atom is 0.225 e. The number of hydrogen-bond donors (Lipinski definition) is 3. The summed E-state index contributed by atoms with van der Waals surface area (Å²) < 4.78 is 0. The summed E-state index contributed by atoms with van der Waals surface area (Å²) in [5.41, 5.74) is 4.83. The van der Waals surface area contributed by atoms with E-state index in [0.717, 1.165) is 0 Å². The third-order valence-corrected chi connectivity index (χ3v) is 5.06. The molecule has 5 nitrogen and oxygen atoms in total. The number of carbonyl (C=O) groups is 1. The number of hydrogen-bond acceptors (Lipinski definition) is 3. The monoisotopic (exact) mass is 255 g/mol. The highest BCUT2D eigenvalue weighted by Crippen LogP contribution is 2.68. The van der Waals surface area contributed by atoms with Crippen LogP contribution in [0.4, 0.5) is 0 Å². The quantitative estimate of drug-likeness (QED) is 0.309. The van der Waals surface area contributed by atoms with Crippen molar-refractivity contribution in [2.75, 3.05) is 0 Å². The van der Waals surface area contributed by atoms with Crippen molar-refractivity contribution >= 4 is 11.7 Å². The Bertz CT molecular complexity index is 374. The largest absolute Gasteiger partial charge is 0.409 e. The molecule has 0 aromatic rings. The van der Waals surface area contributed by atoms with E-state index in [0.29, 0.717) is 6.42 Å². The highest BCUT2D eigenvalue weighted by Gasteiger charge is 2.68. The molecule has 4 N–H and O–H groups in total. The Labute approximate surface area is 109 Å². The maximum atomic E-state index is 12.3. The van der Waals surface area contributed by atoms with Gasteiger partial charge in [-0.2, -0.15) is 0 Å². The zero-order valence-corrected chi connectivity index (χ0v) is 12.2. The topological polar surface area (TPSA) is 87.7 Å². The molecular weight excluding hydrogens is 230 g/mol. The maximum absolute atomic E-state index is 12.3. The van der Waals surface area contributed by atoms with Gasteiger partial charge in [0.2, 0.25) is 5.91 Å². The van der Waals surface area contributed by atoms with Crippen molar-refractivity contribution in [3.63, 3.8) is 0 Å². The van der Waals surface area contributed by atoms with E-state index in [1.54, 1.807) is 6.92 Å². The molecule has 0 aromatic carbocycles. The van der Waals surface area contributed by atoms with Gasteiger partial charge in [0.1, 0.15) is 0 Å². The van der Waals surface area contributed by atoms with E-state index in [4.69, 9.17) is 10.9 Å². The van der Waals surface area contributed by atoms with E-state index < -0.39 is 5.54 Å². The zero-order chi connectivity index (χ0) is 14.4. The van der Waals surface area contributed by atoms with E-state index in [2.05, 4.69) is 38.2 Å². The normalized spacial score (nSPS) is 25.3. The fourth-order valence-corrected chi connectivity index (χ4v) is 2.64. The van der Waals surface area contributed by atoms with Crippen molar-refractivity contribution in [3.05, 3.63) is 0 Å². The first kappa shape index (κ1) is 14.8. The van der Waals surface area contributed by atoms with Crippen LogP contribution in [0.15, 0.2) is 5.16 Å². The van der Waals surface area contributed by atoms with Crippen LogP contribution in [0.1, 0.15) is 48.0 Å². The SMILES string of the molecule is CCC(C)(NC(=O)C1C(C)(C)C1(C)C)C(N)=NO. The van der Waals surface area contributed by atoms with Gasteiger partial charge in [0.05, 0.1) is 5.54 Å². The first-order valence-electron chi connectivity index (χ1n) is 6.34. The zero-order valence-electron chi connectivity index (χ0n) is 12.2. The number of nitrogens with one attached hydrogen (secondary N) is 1.